The van der Waals surface area contributed by atoms with Gasteiger partial charge in [0.05, 0.1) is 0 Å². The molecule has 0 aliphatic heterocycles. The second-order valence-corrected chi connectivity index (χ2v) is 1.83. The van der Waals surface area contributed by atoms with Crippen molar-refractivity contribution in [2.24, 2.45) is 22.6 Å². The lowest BCUT2D eigenvalue weighted by Gasteiger charge is -2.22. The predicted octanol–water partition coefficient (Wildman–Crippen LogP) is -1.78. The van der Waals surface area contributed by atoms with Crippen LogP contribution >= 0.6 is 0 Å². The molecule has 0 aromatic heterocycles. The van der Waals surface area contributed by atoms with Gasteiger partial charge in [-0.05, 0) is 6.92 Å². The Morgan fingerprint density at radius 3 is 2.10 bits per heavy atom. The lowest BCUT2D eigenvalue weighted by Crippen LogP contribution is -2.49. The maximum atomic E-state index is 5.43. The maximum Gasteiger partial charge on any atom is 0.246 e. The first kappa shape index (κ1) is 8.99. The van der Waals surface area contributed by atoms with Gasteiger partial charge < -0.3 is 5.84 Å². The molecule has 0 bridgehead atoms. The first-order chi connectivity index (χ1) is 4.63. The average Bonchev–Trinajstić information content (AvgIpc) is 1.88. The molecule has 6 nitrogen and oxygen atoms in total. The van der Waals surface area contributed by atoms with E-state index in [-0.39, 0.29) is 0 Å². The summed E-state index contributed by atoms with van der Waals surface area (Å²) in [6.45, 7) is 2.48. The van der Waals surface area contributed by atoms with Crippen LogP contribution in [-0.4, -0.2) is 29.6 Å². The topological polar surface area (TPSA) is 96.9 Å². The zero-order valence-corrected chi connectivity index (χ0v) is 6.28. The van der Waals surface area contributed by atoms with Crippen LogP contribution < -0.4 is 17.5 Å². The molecule has 0 aromatic rings. The van der Waals surface area contributed by atoms with E-state index >= 15 is 0 Å². The van der Waals surface area contributed by atoms with E-state index in [0.717, 1.165) is 0 Å². The minimum atomic E-state index is 0.350. The van der Waals surface area contributed by atoms with E-state index in [9.17, 15) is 0 Å². The first-order valence-corrected chi connectivity index (χ1v) is 2.92. The summed E-state index contributed by atoms with van der Waals surface area (Å²) in [6.07, 6.45) is 0. The van der Waals surface area contributed by atoms with Gasteiger partial charge in [0.25, 0.3) is 0 Å². The summed E-state index contributed by atoms with van der Waals surface area (Å²) in [5.41, 5.74) is 0. The van der Waals surface area contributed by atoms with Gasteiger partial charge in [0.1, 0.15) is 0 Å². The molecule has 0 spiro atoms. The average molecular weight is 146 g/mol. The molecule has 6 N–H and O–H groups in total. The number of hydrazine groups is 2. The molecule has 0 saturated heterocycles. The van der Waals surface area contributed by atoms with Gasteiger partial charge in [-0.2, -0.15) is 0 Å². The molecule has 6 heteroatoms. The fourth-order valence-corrected chi connectivity index (χ4v) is 0.509. The van der Waals surface area contributed by atoms with Crippen LogP contribution in [0.25, 0.3) is 0 Å². The molecule has 0 aliphatic rings. The van der Waals surface area contributed by atoms with E-state index in [4.69, 9.17) is 17.5 Å². The van der Waals surface area contributed by atoms with Crippen LogP contribution in [0.4, 0.5) is 0 Å². The third kappa shape index (κ3) is 2.08. The van der Waals surface area contributed by atoms with Crippen LogP contribution in [0, 0.1) is 0 Å². The highest BCUT2D eigenvalue weighted by Crippen LogP contribution is 1.82. The second-order valence-electron chi connectivity index (χ2n) is 1.83. The van der Waals surface area contributed by atoms with Crippen molar-refractivity contribution in [1.29, 1.82) is 0 Å². The minimum absolute atomic E-state index is 0.350. The molecule has 0 fully saturated rings. The Bertz CT molecular complexity index is 119. The fourth-order valence-electron chi connectivity index (χ4n) is 0.509. The van der Waals surface area contributed by atoms with Crippen molar-refractivity contribution in [3.8, 4) is 0 Å². The molecule has 0 rings (SSSR count). The zero-order valence-electron chi connectivity index (χ0n) is 6.28. The number of guanidine groups is 1. The number of nitrogens with two attached hydrogens (primary N) is 3. The Morgan fingerprint density at radius 1 is 1.50 bits per heavy atom. The van der Waals surface area contributed by atoms with Gasteiger partial charge in [0, 0.05) is 13.6 Å². The highest BCUT2D eigenvalue weighted by Gasteiger charge is 2.05. The van der Waals surface area contributed by atoms with E-state index in [2.05, 4.69) is 5.10 Å². The summed E-state index contributed by atoms with van der Waals surface area (Å²) in [6, 6.07) is 0. The van der Waals surface area contributed by atoms with Crippen molar-refractivity contribution in [2.75, 3.05) is 13.6 Å². The zero-order chi connectivity index (χ0) is 8.15. The van der Waals surface area contributed by atoms with Crippen molar-refractivity contribution in [2.45, 2.75) is 6.92 Å². The quantitative estimate of drug-likeness (QED) is 0.176. The number of hydrogen-bond donors (Lipinski definition) is 3. The predicted molar refractivity (Wildman–Crippen MR) is 40.1 cm³/mol. The molecule has 10 heavy (non-hydrogen) atoms. The Labute approximate surface area is 60.2 Å². The molecule has 0 radical (unpaired) electrons. The smallest absolute Gasteiger partial charge is 0.246 e. The number of hydrogen-bond acceptors (Lipinski definition) is 4. The third-order valence-electron chi connectivity index (χ3n) is 1.03. The monoisotopic (exact) mass is 146 g/mol. The number of rotatable bonds is 1. The Morgan fingerprint density at radius 2 is 2.00 bits per heavy atom. The van der Waals surface area contributed by atoms with Gasteiger partial charge in [0.2, 0.25) is 5.96 Å². The first-order valence-electron chi connectivity index (χ1n) is 2.92. The Balaban J connectivity index is 4.08. The molecule has 0 aliphatic carbocycles. The molecular weight excluding hydrogens is 132 g/mol. The summed E-state index contributed by atoms with van der Waals surface area (Å²) >= 11 is 0. The summed E-state index contributed by atoms with van der Waals surface area (Å²) in [5.74, 6) is 16.1. The molecular formula is C4H14N6. The summed E-state index contributed by atoms with van der Waals surface area (Å²) < 4.78 is 0. The van der Waals surface area contributed by atoms with Crippen LogP contribution in [0.5, 0.6) is 0 Å². The van der Waals surface area contributed by atoms with Crippen LogP contribution in [0.15, 0.2) is 5.10 Å². The van der Waals surface area contributed by atoms with Gasteiger partial charge >= 0.3 is 0 Å². The van der Waals surface area contributed by atoms with Crippen molar-refractivity contribution in [3.63, 3.8) is 0 Å². The maximum absolute atomic E-state index is 5.43. The van der Waals surface area contributed by atoms with Gasteiger partial charge in [-0.1, -0.05) is 0 Å². The highest BCUT2D eigenvalue weighted by molar-refractivity contribution is 5.78. The van der Waals surface area contributed by atoms with E-state index in [1.165, 1.54) is 10.0 Å². The molecule has 0 unspecified atom stereocenters. The van der Waals surface area contributed by atoms with E-state index in [1.807, 2.05) is 6.92 Å². The standard InChI is InChI=1S/C4H14N6/c1-3-10(7)4(8-5)9(2)6/h3,5-7H2,1-2H3/b8-4+. The van der Waals surface area contributed by atoms with Crippen molar-refractivity contribution in [3.05, 3.63) is 0 Å². The number of hydrazone groups is 1. The molecule has 0 amide bonds. The van der Waals surface area contributed by atoms with Crippen LogP contribution in [0.2, 0.25) is 0 Å². The van der Waals surface area contributed by atoms with Crippen molar-refractivity contribution in [1.82, 2.24) is 10.0 Å². The van der Waals surface area contributed by atoms with Crippen LogP contribution in [0.1, 0.15) is 6.92 Å². The molecule has 0 saturated carbocycles. The van der Waals surface area contributed by atoms with Crippen molar-refractivity contribution < 1.29 is 0 Å². The summed E-state index contributed by atoms with van der Waals surface area (Å²) in [5, 5.41) is 5.98. The molecule has 0 atom stereocenters. The summed E-state index contributed by atoms with van der Waals surface area (Å²) in [7, 11) is 1.61. The Hall–Kier alpha value is -1.01. The van der Waals surface area contributed by atoms with E-state index in [0.29, 0.717) is 12.5 Å². The molecule has 0 heterocycles. The summed E-state index contributed by atoms with van der Waals surface area (Å²) in [4.78, 5) is 0. The van der Waals surface area contributed by atoms with E-state index < -0.39 is 0 Å². The Kier molecular flexibility index (Phi) is 3.52. The molecule has 0 aromatic carbocycles. The second kappa shape index (κ2) is 3.91. The largest absolute Gasteiger partial charge is 0.320 e. The fraction of sp³-hybridized carbons (Fsp3) is 0.750. The van der Waals surface area contributed by atoms with Crippen molar-refractivity contribution >= 4 is 5.96 Å². The van der Waals surface area contributed by atoms with E-state index in [1.54, 1.807) is 7.05 Å². The third-order valence-corrected chi connectivity index (χ3v) is 1.03. The lowest BCUT2D eigenvalue weighted by atomic mass is 10.7. The van der Waals surface area contributed by atoms with Gasteiger partial charge in [-0.15, -0.1) is 5.10 Å². The van der Waals surface area contributed by atoms with Gasteiger partial charge in [0.15, 0.2) is 0 Å². The van der Waals surface area contributed by atoms with Gasteiger partial charge in [-0.3, -0.25) is 10.0 Å². The number of nitrogens with zero attached hydrogens (tertiary/aromatic N) is 3. The van der Waals surface area contributed by atoms with Crippen LogP contribution in [0.3, 0.4) is 0 Å². The lowest BCUT2D eigenvalue weighted by molar-refractivity contribution is 0.371. The molecule has 60 valence electrons. The minimum Gasteiger partial charge on any atom is -0.320 e. The van der Waals surface area contributed by atoms with Gasteiger partial charge in [-0.25, -0.2) is 11.7 Å². The van der Waals surface area contributed by atoms with Crippen LogP contribution in [-0.2, 0) is 0 Å². The highest BCUT2D eigenvalue weighted by atomic mass is 15.6. The normalized spacial score (nSPS) is 11.4. The SMILES string of the molecule is CCN(N)/C(=N/N)N(C)N.